The first-order valence-electron chi connectivity index (χ1n) is 5.36. The van der Waals surface area contributed by atoms with E-state index in [-0.39, 0.29) is 5.69 Å². The van der Waals surface area contributed by atoms with Crippen LogP contribution >= 0.6 is 11.8 Å². The average Bonchev–Trinajstić information content (AvgIpc) is 2.38. The molecule has 0 unspecified atom stereocenters. The zero-order chi connectivity index (χ0) is 13.8. The molecule has 0 N–H and O–H groups in total. The Morgan fingerprint density at radius 2 is 2.00 bits per heavy atom. The van der Waals surface area contributed by atoms with E-state index in [9.17, 15) is 14.5 Å². The zero-order valence-corrected chi connectivity index (χ0v) is 10.8. The number of hydrogen-bond acceptors (Lipinski definition) is 4. The number of nitrogens with zero attached hydrogens (tertiary/aromatic N) is 1. The highest BCUT2D eigenvalue weighted by molar-refractivity contribution is 7.99. The number of halogens is 1. The van der Waals surface area contributed by atoms with Crippen LogP contribution in [0, 0.1) is 15.9 Å². The standard InChI is InChI=1S/C13H10FNO3S/c1-18-12-4-2-3-5-13(12)19-11-7-9(14)6-10(8-11)15(16)17/h2-8H,1H3. The van der Waals surface area contributed by atoms with E-state index in [1.54, 1.807) is 12.1 Å². The third kappa shape index (κ3) is 3.23. The van der Waals surface area contributed by atoms with Crippen molar-refractivity contribution in [3.63, 3.8) is 0 Å². The fourth-order valence-electron chi connectivity index (χ4n) is 1.54. The summed E-state index contributed by atoms with van der Waals surface area (Å²) in [6, 6.07) is 10.7. The molecule has 0 aromatic heterocycles. The van der Waals surface area contributed by atoms with Crippen molar-refractivity contribution in [2.75, 3.05) is 7.11 Å². The van der Waals surface area contributed by atoms with Gasteiger partial charge in [0.2, 0.25) is 0 Å². The summed E-state index contributed by atoms with van der Waals surface area (Å²) in [7, 11) is 1.54. The van der Waals surface area contributed by atoms with Gasteiger partial charge in [-0.15, -0.1) is 0 Å². The number of rotatable bonds is 4. The normalized spacial score (nSPS) is 10.2. The maximum Gasteiger partial charge on any atom is 0.273 e. The molecule has 6 heteroatoms. The number of ether oxygens (including phenoxy) is 1. The van der Waals surface area contributed by atoms with Crippen LogP contribution in [0.15, 0.2) is 52.3 Å². The summed E-state index contributed by atoms with van der Waals surface area (Å²) >= 11 is 1.22. The second kappa shape index (κ2) is 5.71. The highest BCUT2D eigenvalue weighted by atomic mass is 32.2. The smallest absolute Gasteiger partial charge is 0.273 e. The Morgan fingerprint density at radius 1 is 1.26 bits per heavy atom. The molecular formula is C13H10FNO3S. The van der Waals surface area contributed by atoms with Gasteiger partial charge in [0.15, 0.2) is 0 Å². The minimum Gasteiger partial charge on any atom is -0.496 e. The molecule has 0 aliphatic carbocycles. The maximum absolute atomic E-state index is 13.3. The predicted molar refractivity (Wildman–Crippen MR) is 70.2 cm³/mol. The van der Waals surface area contributed by atoms with Crippen LogP contribution in [0.2, 0.25) is 0 Å². The van der Waals surface area contributed by atoms with Gasteiger partial charge in [0.25, 0.3) is 5.69 Å². The summed E-state index contributed by atoms with van der Waals surface area (Å²) in [4.78, 5) is 11.3. The van der Waals surface area contributed by atoms with Crippen molar-refractivity contribution in [1.82, 2.24) is 0 Å². The summed E-state index contributed by atoms with van der Waals surface area (Å²) in [6.07, 6.45) is 0. The first-order chi connectivity index (χ1) is 9.10. The third-order valence-corrected chi connectivity index (χ3v) is 3.39. The van der Waals surface area contributed by atoms with Crippen LogP contribution in [0.5, 0.6) is 5.75 Å². The van der Waals surface area contributed by atoms with Crippen molar-refractivity contribution < 1.29 is 14.1 Å². The first-order valence-corrected chi connectivity index (χ1v) is 6.17. The lowest BCUT2D eigenvalue weighted by molar-refractivity contribution is -0.385. The van der Waals surface area contributed by atoms with E-state index >= 15 is 0 Å². The van der Waals surface area contributed by atoms with E-state index in [2.05, 4.69) is 0 Å². The Morgan fingerprint density at radius 3 is 2.68 bits per heavy atom. The van der Waals surface area contributed by atoms with Crippen molar-refractivity contribution in [2.45, 2.75) is 9.79 Å². The van der Waals surface area contributed by atoms with Gasteiger partial charge in [-0.2, -0.15) is 0 Å². The molecule has 0 fully saturated rings. The van der Waals surface area contributed by atoms with E-state index in [4.69, 9.17) is 4.74 Å². The minimum absolute atomic E-state index is 0.266. The molecule has 98 valence electrons. The number of methoxy groups -OCH3 is 1. The molecule has 0 spiro atoms. The number of nitro benzene ring substituents is 1. The molecule has 0 saturated carbocycles. The Balaban J connectivity index is 2.35. The van der Waals surface area contributed by atoms with Gasteiger partial charge in [-0.1, -0.05) is 23.9 Å². The van der Waals surface area contributed by atoms with Gasteiger partial charge >= 0.3 is 0 Å². The number of benzene rings is 2. The summed E-state index contributed by atoms with van der Waals surface area (Å²) in [5.74, 6) is 0.00557. The molecule has 0 heterocycles. The third-order valence-electron chi connectivity index (χ3n) is 2.36. The molecule has 4 nitrogen and oxygen atoms in total. The number of nitro groups is 1. The van der Waals surface area contributed by atoms with E-state index < -0.39 is 10.7 Å². The fraction of sp³-hybridized carbons (Fsp3) is 0.0769. The molecule has 2 rings (SSSR count). The van der Waals surface area contributed by atoms with Crippen molar-refractivity contribution in [2.24, 2.45) is 0 Å². The SMILES string of the molecule is COc1ccccc1Sc1cc(F)cc([N+](=O)[O-])c1. The van der Waals surface area contributed by atoms with Crippen LogP contribution in [0.3, 0.4) is 0 Å². The van der Waals surface area contributed by atoms with Gasteiger partial charge in [0, 0.05) is 11.0 Å². The summed E-state index contributed by atoms with van der Waals surface area (Å²) < 4.78 is 18.5. The molecule has 2 aromatic rings. The molecule has 0 atom stereocenters. The maximum atomic E-state index is 13.3. The predicted octanol–water partition coefficient (Wildman–Crippen LogP) is 3.89. The highest BCUT2D eigenvalue weighted by Crippen LogP contribution is 2.36. The molecule has 19 heavy (non-hydrogen) atoms. The summed E-state index contributed by atoms with van der Waals surface area (Å²) in [6.45, 7) is 0. The molecule has 0 radical (unpaired) electrons. The number of para-hydroxylation sites is 1. The Labute approximate surface area is 113 Å². The Bertz CT molecular complexity index is 619. The molecule has 0 aliphatic heterocycles. The van der Waals surface area contributed by atoms with Crippen molar-refractivity contribution >= 4 is 17.4 Å². The number of non-ortho nitro benzene ring substituents is 1. The minimum atomic E-state index is -0.633. The van der Waals surface area contributed by atoms with Crippen molar-refractivity contribution in [3.05, 3.63) is 58.4 Å². The number of hydrogen-bond donors (Lipinski definition) is 0. The van der Waals surface area contributed by atoms with E-state index in [0.29, 0.717) is 10.6 Å². The molecule has 0 saturated heterocycles. The molecule has 0 aliphatic rings. The zero-order valence-electron chi connectivity index (χ0n) is 10.00. The van der Waals surface area contributed by atoms with Crippen LogP contribution < -0.4 is 4.74 Å². The lowest BCUT2D eigenvalue weighted by Crippen LogP contribution is -1.90. The van der Waals surface area contributed by atoms with E-state index in [1.807, 2.05) is 12.1 Å². The molecule has 0 amide bonds. The second-order valence-electron chi connectivity index (χ2n) is 3.66. The topological polar surface area (TPSA) is 52.4 Å². The van der Waals surface area contributed by atoms with Gasteiger partial charge in [0.05, 0.1) is 23.0 Å². The van der Waals surface area contributed by atoms with Crippen LogP contribution in [0.1, 0.15) is 0 Å². The average molecular weight is 279 g/mol. The van der Waals surface area contributed by atoms with Gasteiger partial charge in [0.1, 0.15) is 11.6 Å². The lowest BCUT2D eigenvalue weighted by atomic mass is 10.3. The largest absolute Gasteiger partial charge is 0.496 e. The highest BCUT2D eigenvalue weighted by Gasteiger charge is 2.12. The van der Waals surface area contributed by atoms with Crippen LogP contribution in [0.4, 0.5) is 10.1 Å². The monoisotopic (exact) mass is 279 g/mol. The first kappa shape index (κ1) is 13.4. The van der Waals surface area contributed by atoms with Crippen molar-refractivity contribution in [1.29, 1.82) is 0 Å². The van der Waals surface area contributed by atoms with Crippen molar-refractivity contribution in [3.8, 4) is 5.75 Å². The van der Waals surface area contributed by atoms with Gasteiger partial charge in [-0.05, 0) is 18.2 Å². The van der Waals surface area contributed by atoms with E-state index in [1.165, 1.54) is 31.0 Å². The fourth-order valence-corrected chi connectivity index (χ4v) is 2.55. The van der Waals surface area contributed by atoms with Crippen LogP contribution in [-0.4, -0.2) is 12.0 Å². The quantitative estimate of drug-likeness (QED) is 0.629. The van der Waals surface area contributed by atoms with Crippen LogP contribution in [0.25, 0.3) is 0 Å². The van der Waals surface area contributed by atoms with Gasteiger partial charge < -0.3 is 4.74 Å². The lowest BCUT2D eigenvalue weighted by Gasteiger charge is -2.07. The summed E-state index contributed by atoms with van der Waals surface area (Å²) in [5, 5.41) is 10.7. The summed E-state index contributed by atoms with van der Waals surface area (Å²) in [5.41, 5.74) is -0.266. The van der Waals surface area contributed by atoms with Gasteiger partial charge in [-0.25, -0.2) is 4.39 Å². The second-order valence-corrected chi connectivity index (χ2v) is 4.77. The Kier molecular flexibility index (Phi) is 4.01. The molecule has 0 bridgehead atoms. The molecular weight excluding hydrogens is 269 g/mol. The van der Waals surface area contributed by atoms with Gasteiger partial charge in [-0.3, -0.25) is 10.1 Å². The molecule has 2 aromatic carbocycles. The van der Waals surface area contributed by atoms with Crippen LogP contribution in [-0.2, 0) is 0 Å². The van der Waals surface area contributed by atoms with E-state index in [0.717, 1.165) is 11.0 Å². The Hall–Kier alpha value is -2.08.